The molecule has 0 spiro atoms. The summed E-state index contributed by atoms with van der Waals surface area (Å²) in [5.41, 5.74) is -1.69. The van der Waals surface area contributed by atoms with Crippen LogP contribution in [-0.2, 0) is 11.8 Å². The molecule has 1 rings (SSSR count). The van der Waals surface area contributed by atoms with Crippen molar-refractivity contribution in [2.24, 2.45) is 7.05 Å². The summed E-state index contributed by atoms with van der Waals surface area (Å²) >= 11 is 0. The number of carboxylic acid groups (broad SMARTS) is 1. The van der Waals surface area contributed by atoms with Gasteiger partial charge < -0.3 is 20.1 Å². The van der Waals surface area contributed by atoms with E-state index in [4.69, 9.17) is 5.11 Å². The minimum atomic E-state index is -1.98. The Morgan fingerprint density at radius 2 is 2.25 bits per heavy atom. The van der Waals surface area contributed by atoms with Crippen LogP contribution in [0.4, 0.5) is 0 Å². The fourth-order valence-electron chi connectivity index (χ4n) is 0.995. The summed E-state index contributed by atoms with van der Waals surface area (Å²) in [6, 6.07) is 0. The third-order valence-electron chi connectivity index (χ3n) is 2.10. The third-order valence-corrected chi connectivity index (χ3v) is 2.10. The molecular formula is C9H13N3O4. The van der Waals surface area contributed by atoms with E-state index in [-0.39, 0.29) is 6.54 Å². The number of aryl methyl sites for hydroxylation is 1. The number of nitrogens with zero attached hydrogens (tertiary/aromatic N) is 2. The standard InChI is InChI=1S/C9H13N3O4/c1-9(16,8(14)15)4-11-7(13)6-3-10-5-12(6)2/h3,5,16H,4H2,1-2H3,(H,11,13)(H,14,15). The lowest BCUT2D eigenvalue weighted by atomic mass is 10.1. The van der Waals surface area contributed by atoms with Gasteiger partial charge in [-0.15, -0.1) is 0 Å². The number of hydrogen-bond acceptors (Lipinski definition) is 4. The van der Waals surface area contributed by atoms with Gasteiger partial charge in [0, 0.05) is 7.05 Å². The minimum absolute atomic E-state index is 0.293. The van der Waals surface area contributed by atoms with Crippen LogP contribution in [0.3, 0.4) is 0 Å². The number of carbonyl (C=O) groups excluding carboxylic acids is 1. The SMILES string of the molecule is Cn1cncc1C(=O)NCC(C)(O)C(=O)O. The maximum Gasteiger partial charge on any atom is 0.337 e. The predicted octanol–water partition coefficient (Wildman–Crippen LogP) is -1.01. The zero-order valence-corrected chi connectivity index (χ0v) is 8.97. The molecule has 1 amide bonds. The van der Waals surface area contributed by atoms with Crippen molar-refractivity contribution in [1.82, 2.24) is 14.9 Å². The maximum atomic E-state index is 11.5. The molecule has 1 unspecified atom stereocenters. The lowest BCUT2D eigenvalue weighted by Gasteiger charge is -2.18. The second-order valence-corrected chi connectivity index (χ2v) is 3.65. The maximum absolute atomic E-state index is 11.5. The summed E-state index contributed by atoms with van der Waals surface area (Å²) < 4.78 is 1.49. The topological polar surface area (TPSA) is 104 Å². The summed E-state index contributed by atoms with van der Waals surface area (Å²) in [5, 5.41) is 20.3. The molecule has 1 heterocycles. The van der Waals surface area contributed by atoms with Crippen LogP contribution < -0.4 is 5.32 Å². The van der Waals surface area contributed by atoms with Crippen LogP contribution in [0.5, 0.6) is 0 Å². The van der Waals surface area contributed by atoms with Crippen molar-refractivity contribution >= 4 is 11.9 Å². The normalized spacial score (nSPS) is 14.2. The van der Waals surface area contributed by atoms with Crippen molar-refractivity contribution in [2.75, 3.05) is 6.54 Å². The van der Waals surface area contributed by atoms with Crippen LogP contribution in [0.15, 0.2) is 12.5 Å². The number of aliphatic carboxylic acids is 1. The van der Waals surface area contributed by atoms with Crippen molar-refractivity contribution < 1.29 is 19.8 Å². The first-order valence-corrected chi connectivity index (χ1v) is 4.55. The number of carboxylic acids is 1. The van der Waals surface area contributed by atoms with Crippen molar-refractivity contribution in [3.05, 3.63) is 18.2 Å². The second kappa shape index (κ2) is 4.31. The van der Waals surface area contributed by atoms with Gasteiger partial charge in [-0.25, -0.2) is 9.78 Å². The molecule has 7 heteroatoms. The van der Waals surface area contributed by atoms with E-state index in [1.165, 1.54) is 17.1 Å². The molecule has 0 saturated heterocycles. The molecule has 16 heavy (non-hydrogen) atoms. The highest BCUT2D eigenvalue weighted by molar-refractivity contribution is 5.92. The van der Waals surface area contributed by atoms with E-state index in [2.05, 4.69) is 10.3 Å². The van der Waals surface area contributed by atoms with Crippen LogP contribution in [-0.4, -0.2) is 43.8 Å². The average molecular weight is 227 g/mol. The molecule has 0 bridgehead atoms. The van der Waals surface area contributed by atoms with Gasteiger partial charge in [-0.2, -0.15) is 0 Å². The quantitative estimate of drug-likeness (QED) is 0.611. The highest BCUT2D eigenvalue weighted by atomic mass is 16.4. The van der Waals surface area contributed by atoms with E-state index in [0.29, 0.717) is 5.69 Å². The van der Waals surface area contributed by atoms with Gasteiger partial charge >= 0.3 is 5.97 Å². The van der Waals surface area contributed by atoms with Gasteiger partial charge in [0.1, 0.15) is 5.69 Å². The zero-order chi connectivity index (χ0) is 12.3. The van der Waals surface area contributed by atoms with E-state index < -0.39 is 17.5 Å². The fourth-order valence-corrected chi connectivity index (χ4v) is 0.995. The van der Waals surface area contributed by atoms with E-state index in [1.807, 2.05) is 0 Å². The van der Waals surface area contributed by atoms with Gasteiger partial charge in [0.2, 0.25) is 0 Å². The number of nitrogens with one attached hydrogen (secondary N) is 1. The monoisotopic (exact) mass is 227 g/mol. The Bertz CT molecular complexity index is 411. The van der Waals surface area contributed by atoms with Gasteiger partial charge in [-0.3, -0.25) is 4.79 Å². The Morgan fingerprint density at radius 3 is 2.69 bits per heavy atom. The largest absolute Gasteiger partial charge is 0.479 e. The molecule has 0 aliphatic rings. The van der Waals surface area contributed by atoms with Crippen LogP contribution in [0.1, 0.15) is 17.4 Å². The highest BCUT2D eigenvalue weighted by Gasteiger charge is 2.30. The van der Waals surface area contributed by atoms with E-state index >= 15 is 0 Å². The Labute approximate surface area is 91.7 Å². The molecule has 0 aromatic carbocycles. The van der Waals surface area contributed by atoms with E-state index in [1.54, 1.807) is 7.05 Å². The van der Waals surface area contributed by atoms with Crippen LogP contribution in [0.2, 0.25) is 0 Å². The van der Waals surface area contributed by atoms with Gasteiger partial charge in [-0.1, -0.05) is 0 Å². The van der Waals surface area contributed by atoms with E-state index in [9.17, 15) is 14.7 Å². The molecule has 0 aliphatic heterocycles. The first-order chi connectivity index (χ1) is 7.34. The van der Waals surface area contributed by atoms with Gasteiger partial charge in [0.15, 0.2) is 5.60 Å². The van der Waals surface area contributed by atoms with Gasteiger partial charge in [0.05, 0.1) is 19.1 Å². The zero-order valence-electron chi connectivity index (χ0n) is 8.97. The van der Waals surface area contributed by atoms with Crippen molar-refractivity contribution in [3.63, 3.8) is 0 Å². The second-order valence-electron chi connectivity index (χ2n) is 3.65. The van der Waals surface area contributed by atoms with Crippen molar-refractivity contribution in [3.8, 4) is 0 Å². The number of carbonyl (C=O) groups is 2. The average Bonchev–Trinajstić information content (AvgIpc) is 2.61. The molecule has 0 radical (unpaired) electrons. The Morgan fingerprint density at radius 1 is 1.62 bits per heavy atom. The minimum Gasteiger partial charge on any atom is -0.479 e. The first-order valence-electron chi connectivity index (χ1n) is 4.55. The molecule has 0 aliphatic carbocycles. The molecular weight excluding hydrogens is 214 g/mol. The molecule has 7 nitrogen and oxygen atoms in total. The molecule has 1 aromatic rings. The fraction of sp³-hybridized carbons (Fsp3) is 0.444. The third kappa shape index (κ3) is 2.57. The highest BCUT2D eigenvalue weighted by Crippen LogP contribution is 2.02. The first kappa shape index (κ1) is 12.2. The molecule has 3 N–H and O–H groups in total. The number of amides is 1. The Hall–Kier alpha value is -1.89. The molecule has 1 atom stereocenters. The van der Waals surface area contributed by atoms with Crippen LogP contribution in [0.25, 0.3) is 0 Å². The van der Waals surface area contributed by atoms with Crippen LogP contribution in [0, 0.1) is 0 Å². The number of aromatic nitrogens is 2. The van der Waals surface area contributed by atoms with Gasteiger partial charge in [-0.05, 0) is 6.92 Å². The Balaban J connectivity index is 2.61. The van der Waals surface area contributed by atoms with Crippen molar-refractivity contribution in [1.29, 1.82) is 0 Å². The predicted molar refractivity (Wildman–Crippen MR) is 53.8 cm³/mol. The summed E-state index contributed by atoms with van der Waals surface area (Å²) in [6.45, 7) is 0.741. The summed E-state index contributed by atoms with van der Waals surface area (Å²) in [5.74, 6) is -1.88. The number of imidazole rings is 1. The molecule has 0 saturated carbocycles. The van der Waals surface area contributed by atoms with Gasteiger partial charge in [0.25, 0.3) is 5.91 Å². The Kier molecular flexibility index (Phi) is 3.28. The van der Waals surface area contributed by atoms with E-state index in [0.717, 1.165) is 6.92 Å². The number of aliphatic hydroxyl groups is 1. The lowest BCUT2D eigenvalue weighted by Crippen LogP contribution is -2.46. The molecule has 1 aromatic heterocycles. The van der Waals surface area contributed by atoms with Crippen LogP contribution >= 0.6 is 0 Å². The smallest absolute Gasteiger partial charge is 0.337 e. The lowest BCUT2D eigenvalue weighted by molar-refractivity contribution is -0.155. The molecule has 0 fully saturated rings. The number of rotatable bonds is 4. The summed E-state index contributed by atoms with van der Waals surface area (Å²) in [4.78, 5) is 25.8. The number of hydrogen-bond donors (Lipinski definition) is 3. The summed E-state index contributed by atoms with van der Waals surface area (Å²) in [6.07, 6.45) is 2.80. The van der Waals surface area contributed by atoms with Crippen molar-refractivity contribution in [2.45, 2.75) is 12.5 Å². The summed E-state index contributed by atoms with van der Waals surface area (Å²) in [7, 11) is 1.64. The molecule has 88 valence electrons.